The molecule has 0 aromatic rings. The van der Waals surface area contributed by atoms with Gasteiger partial charge in [-0.3, -0.25) is 14.6 Å². The summed E-state index contributed by atoms with van der Waals surface area (Å²) in [6, 6.07) is 0. The fourth-order valence-corrected chi connectivity index (χ4v) is 14.1. The zero-order chi connectivity index (χ0) is 53.5. The summed E-state index contributed by atoms with van der Waals surface area (Å²) in [5.74, 6) is -0.689. The van der Waals surface area contributed by atoms with Crippen LogP contribution in [0.5, 0.6) is 0 Å². The second kappa shape index (κ2) is 21.9. The minimum Gasteiger partial charge on any atom is -0.394 e. The number of rotatable bonds is 15. The normalized spacial score (nSPS) is 52.6. The van der Waals surface area contributed by atoms with Crippen LogP contribution in [0.3, 0.4) is 0 Å². The Labute approximate surface area is 427 Å². The number of hydrogen-bond donors (Lipinski definition) is 13. The van der Waals surface area contributed by atoms with E-state index in [9.17, 15) is 76.0 Å². The van der Waals surface area contributed by atoms with Crippen molar-refractivity contribution in [3.63, 3.8) is 0 Å². The Morgan fingerprint density at radius 3 is 2.01 bits per heavy atom. The Morgan fingerprint density at radius 2 is 1.34 bits per heavy atom. The van der Waals surface area contributed by atoms with Crippen molar-refractivity contribution in [2.45, 2.75) is 220 Å². The summed E-state index contributed by atoms with van der Waals surface area (Å²) in [5, 5.41) is 136. The standard InChI is InChI=1S/C50H77NO23/c1-19(18-67-44-37(62)34(59)32(57)28(16-52)70-44)5-8-27(54)26-15-51-50(26)30(55)14-25-23-7-6-21-13-22(9-11-48(21,3)24(23)10-12-49(25,50)4)69-47-42(73-45-38(63)33(58)31(56)20(2)68-45)40(65)41(29(17-53)71-47)72-46-39(64)35(60)36(61)43(66)74-46/h6,15,19-20,22-26,28-29,31-47,52-53,56-66H,5,7-14,16-18H2,1-4H3. The molecule has 29 unspecified atom stereocenters. The molecule has 7 fully saturated rings. The van der Waals surface area contributed by atoms with E-state index in [2.05, 4.69) is 19.9 Å². The molecule has 420 valence electrons. The van der Waals surface area contributed by atoms with Crippen LogP contribution in [0.25, 0.3) is 0 Å². The van der Waals surface area contributed by atoms with Gasteiger partial charge in [0.25, 0.3) is 0 Å². The average Bonchev–Trinajstić information content (AvgIpc) is 3.63. The summed E-state index contributed by atoms with van der Waals surface area (Å²) in [7, 11) is 0. The lowest BCUT2D eigenvalue weighted by molar-refractivity contribution is -0.397. The topological polar surface area (TPSA) is 383 Å². The number of nitrogens with zero attached hydrogens (tertiary/aromatic N) is 1. The molecule has 0 aromatic carbocycles. The Morgan fingerprint density at radius 1 is 0.703 bits per heavy atom. The van der Waals surface area contributed by atoms with Crippen LogP contribution in [0, 0.1) is 40.4 Å². The molecule has 1 spiro atoms. The van der Waals surface area contributed by atoms with Crippen molar-refractivity contribution in [2.24, 2.45) is 45.4 Å². The number of ether oxygens (including phenoxy) is 8. The zero-order valence-corrected chi connectivity index (χ0v) is 42.0. The number of fused-ring (bicyclic) bond motifs is 6. The highest BCUT2D eigenvalue weighted by molar-refractivity contribution is 6.11. The van der Waals surface area contributed by atoms with Gasteiger partial charge in [-0.15, -0.1) is 0 Å². The van der Waals surface area contributed by atoms with Gasteiger partial charge < -0.3 is 104 Å². The first-order chi connectivity index (χ1) is 35.0. The van der Waals surface area contributed by atoms with Gasteiger partial charge in [-0.2, -0.15) is 0 Å². The molecule has 24 nitrogen and oxygen atoms in total. The van der Waals surface area contributed by atoms with Gasteiger partial charge in [-0.05, 0) is 81.0 Å². The molecule has 9 rings (SSSR count). The summed E-state index contributed by atoms with van der Waals surface area (Å²) in [5.41, 5.74) is -0.872. The van der Waals surface area contributed by atoms with Gasteiger partial charge in [0, 0.05) is 24.5 Å². The van der Waals surface area contributed by atoms with E-state index in [1.165, 1.54) is 6.92 Å². The number of ketones is 2. The lowest BCUT2D eigenvalue weighted by atomic mass is 9.45. The third-order valence-electron chi connectivity index (χ3n) is 18.7. The van der Waals surface area contributed by atoms with Gasteiger partial charge in [-0.1, -0.05) is 32.4 Å². The molecule has 74 heavy (non-hydrogen) atoms. The van der Waals surface area contributed by atoms with E-state index in [1.54, 1.807) is 6.21 Å². The van der Waals surface area contributed by atoms with Gasteiger partial charge in [-0.25, -0.2) is 0 Å². The Kier molecular flexibility index (Phi) is 16.7. The van der Waals surface area contributed by atoms with Crippen LogP contribution >= 0.6 is 0 Å². The molecule has 9 aliphatic rings. The number of aliphatic hydroxyl groups is 13. The van der Waals surface area contributed by atoms with Gasteiger partial charge in [0.05, 0.1) is 37.9 Å². The Bertz CT molecular complexity index is 2070. The van der Waals surface area contributed by atoms with Crippen LogP contribution in [-0.2, 0) is 47.5 Å². The largest absolute Gasteiger partial charge is 0.394 e. The first-order valence-electron chi connectivity index (χ1n) is 26.2. The highest BCUT2D eigenvalue weighted by Gasteiger charge is 2.73. The van der Waals surface area contributed by atoms with Crippen LogP contribution in [-0.4, -0.2) is 239 Å². The molecule has 3 saturated carbocycles. The smallest absolute Gasteiger partial charge is 0.189 e. The number of aliphatic hydroxyl groups excluding tert-OH is 13. The molecule has 0 radical (unpaired) electrons. The van der Waals surface area contributed by atoms with Crippen LogP contribution in [0.15, 0.2) is 16.6 Å². The summed E-state index contributed by atoms with van der Waals surface area (Å²) in [4.78, 5) is 33.2. The molecule has 4 saturated heterocycles. The molecule has 5 aliphatic heterocycles. The number of carbonyl (C=O) groups is 2. The van der Waals surface area contributed by atoms with E-state index in [-0.39, 0.29) is 53.7 Å². The van der Waals surface area contributed by atoms with Crippen molar-refractivity contribution in [3.8, 4) is 0 Å². The zero-order valence-electron chi connectivity index (χ0n) is 42.0. The highest BCUT2D eigenvalue weighted by atomic mass is 16.8. The molecular formula is C50H77NO23. The lowest BCUT2D eigenvalue weighted by Gasteiger charge is -2.60. The van der Waals surface area contributed by atoms with Crippen molar-refractivity contribution in [1.29, 1.82) is 0 Å². The minimum atomic E-state index is -1.99. The molecule has 13 N–H and O–H groups in total. The summed E-state index contributed by atoms with van der Waals surface area (Å²) in [6.07, 6.45) is -24.2. The van der Waals surface area contributed by atoms with Gasteiger partial charge >= 0.3 is 0 Å². The molecule has 0 bridgehead atoms. The lowest BCUT2D eigenvalue weighted by Crippen LogP contribution is -2.66. The number of hydrogen-bond acceptors (Lipinski definition) is 24. The van der Waals surface area contributed by atoms with Crippen LogP contribution in [0.2, 0.25) is 0 Å². The third-order valence-corrected chi connectivity index (χ3v) is 18.7. The Hall–Kier alpha value is -2.09. The summed E-state index contributed by atoms with van der Waals surface area (Å²) < 4.78 is 46.8. The van der Waals surface area contributed by atoms with E-state index >= 15 is 0 Å². The van der Waals surface area contributed by atoms with Crippen LogP contribution in [0.4, 0.5) is 0 Å². The fourth-order valence-electron chi connectivity index (χ4n) is 14.1. The van der Waals surface area contributed by atoms with E-state index in [1.807, 2.05) is 6.92 Å². The van der Waals surface area contributed by atoms with Crippen LogP contribution in [0.1, 0.15) is 85.5 Å². The van der Waals surface area contributed by atoms with E-state index in [4.69, 9.17) is 42.9 Å². The van der Waals surface area contributed by atoms with E-state index < -0.39 is 159 Å². The van der Waals surface area contributed by atoms with E-state index in [0.717, 1.165) is 12.0 Å². The minimum absolute atomic E-state index is 0.0227. The molecule has 24 heteroatoms. The predicted octanol–water partition coefficient (Wildman–Crippen LogP) is -3.81. The number of aliphatic imine (C=N–C) groups is 1. The first kappa shape index (κ1) is 56.6. The number of Topliss-reactive ketones (excluding diaryl/α,β-unsaturated/α-hetero) is 2. The van der Waals surface area contributed by atoms with Crippen LogP contribution < -0.4 is 0 Å². The highest BCUT2D eigenvalue weighted by Crippen LogP contribution is 2.69. The summed E-state index contributed by atoms with van der Waals surface area (Å²) in [6.45, 7) is 6.36. The average molecular weight is 1060 g/mol. The molecular weight excluding hydrogens is 983 g/mol. The number of carbonyl (C=O) groups excluding carboxylic acids is 2. The van der Waals surface area contributed by atoms with Crippen molar-refractivity contribution in [3.05, 3.63) is 11.6 Å². The maximum absolute atomic E-state index is 14.4. The summed E-state index contributed by atoms with van der Waals surface area (Å²) >= 11 is 0. The monoisotopic (exact) mass is 1060 g/mol. The maximum Gasteiger partial charge on any atom is 0.189 e. The maximum atomic E-state index is 14.4. The quantitative estimate of drug-likeness (QED) is 0.0699. The molecule has 5 heterocycles. The van der Waals surface area contributed by atoms with Crippen molar-refractivity contribution in [2.75, 3.05) is 19.8 Å². The first-order valence-corrected chi connectivity index (χ1v) is 26.2. The third kappa shape index (κ3) is 9.61. The Balaban J connectivity index is 0.858. The van der Waals surface area contributed by atoms with Crippen molar-refractivity contribution < 1.29 is 114 Å². The van der Waals surface area contributed by atoms with Gasteiger partial charge in [0.15, 0.2) is 37.2 Å². The van der Waals surface area contributed by atoms with Gasteiger partial charge in [0.2, 0.25) is 0 Å². The van der Waals surface area contributed by atoms with E-state index in [0.29, 0.717) is 44.9 Å². The van der Waals surface area contributed by atoms with Gasteiger partial charge in [0.1, 0.15) is 96.8 Å². The van der Waals surface area contributed by atoms with Crippen molar-refractivity contribution >= 4 is 17.8 Å². The molecule has 0 aromatic heterocycles. The second-order valence-electron chi connectivity index (χ2n) is 23.0. The molecule has 4 aliphatic carbocycles. The second-order valence-corrected chi connectivity index (χ2v) is 23.0. The SMILES string of the molecule is CC(CCC(=O)C1C=NC12C(=O)CC1C3CC=C4CC(OC5OC(CO)C(OC6OC(O)C(O)C(O)C6O)C(O)C5OC5OC(C)C(O)C(O)C5O)CCC4(C)C3CCC12C)COC1OC(CO)C(O)C(O)C1O. The number of allylic oxidation sites excluding steroid dienone is 1. The predicted molar refractivity (Wildman–Crippen MR) is 248 cm³/mol. The fraction of sp³-hybridized carbons (Fsp3) is 0.900. The van der Waals surface area contributed by atoms with Crippen molar-refractivity contribution in [1.82, 2.24) is 0 Å². The molecule has 0 amide bonds. The molecule has 29 atom stereocenters.